The van der Waals surface area contributed by atoms with E-state index >= 15 is 0 Å². The standard InChI is InChI=1S/C20H15ClFN3O3/c1-28-20(27)12-5-6-17(21)18(8-12)24-16-7-13(10-23-11-16)19(26)25-15-4-2-3-14(22)9-15/h2-11,24H,1H3,(H,25,26). The summed E-state index contributed by atoms with van der Waals surface area (Å²) in [5.74, 6) is -1.40. The van der Waals surface area contributed by atoms with E-state index in [0.717, 1.165) is 0 Å². The quantitative estimate of drug-likeness (QED) is 0.610. The van der Waals surface area contributed by atoms with Crippen molar-refractivity contribution in [2.75, 3.05) is 17.7 Å². The average Bonchev–Trinajstić information content (AvgIpc) is 2.69. The minimum atomic E-state index is -0.499. The van der Waals surface area contributed by atoms with Crippen molar-refractivity contribution >= 4 is 40.5 Å². The molecule has 2 aromatic carbocycles. The first kappa shape index (κ1) is 19.3. The average molecular weight is 400 g/mol. The van der Waals surface area contributed by atoms with Crippen molar-refractivity contribution < 1.29 is 18.7 Å². The first-order valence-corrected chi connectivity index (χ1v) is 8.51. The second-order valence-corrected chi connectivity index (χ2v) is 6.15. The number of halogens is 2. The van der Waals surface area contributed by atoms with Gasteiger partial charge in [0.2, 0.25) is 0 Å². The van der Waals surface area contributed by atoms with Crippen LogP contribution in [0.5, 0.6) is 0 Å². The van der Waals surface area contributed by atoms with Crippen molar-refractivity contribution in [3.8, 4) is 0 Å². The summed E-state index contributed by atoms with van der Waals surface area (Å²) in [6.07, 6.45) is 2.88. The molecule has 0 aliphatic heterocycles. The number of pyridine rings is 1. The minimum absolute atomic E-state index is 0.259. The molecule has 6 nitrogen and oxygen atoms in total. The summed E-state index contributed by atoms with van der Waals surface area (Å²) in [4.78, 5) is 28.1. The van der Waals surface area contributed by atoms with E-state index in [9.17, 15) is 14.0 Å². The van der Waals surface area contributed by atoms with Gasteiger partial charge in [-0.25, -0.2) is 9.18 Å². The van der Waals surface area contributed by atoms with E-state index in [0.29, 0.717) is 27.6 Å². The third-order valence-electron chi connectivity index (χ3n) is 3.75. The van der Waals surface area contributed by atoms with E-state index in [1.54, 1.807) is 24.3 Å². The summed E-state index contributed by atoms with van der Waals surface area (Å²) in [5.41, 5.74) is 1.85. The number of nitrogens with one attached hydrogen (secondary N) is 2. The fourth-order valence-electron chi connectivity index (χ4n) is 2.42. The summed E-state index contributed by atoms with van der Waals surface area (Å²) in [7, 11) is 1.29. The molecule has 0 radical (unpaired) electrons. The number of carbonyl (C=O) groups is 2. The van der Waals surface area contributed by atoms with Crippen molar-refractivity contribution in [1.29, 1.82) is 0 Å². The fraction of sp³-hybridized carbons (Fsp3) is 0.0500. The van der Waals surface area contributed by atoms with Gasteiger partial charge in [0.05, 0.1) is 40.8 Å². The van der Waals surface area contributed by atoms with Crippen LogP contribution in [0.3, 0.4) is 0 Å². The van der Waals surface area contributed by atoms with Crippen LogP contribution in [0.4, 0.5) is 21.5 Å². The molecule has 0 fully saturated rings. The zero-order valence-corrected chi connectivity index (χ0v) is 15.5. The second-order valence-electron chi connectivity index (χ2n) is 5.74. The maximum absolute atomic E-state index is 13.3. The van der Waals surface area contributed by atoms with E-state index < -0.39 is 17.7 Å². The predicted octanol–water partition coefficient (Wildman–Crippen LogP) is 4.66. The number of aromatic nitrogens is 1. The van der Waals surface area contributed by atoms with Crippen LogP contribution in [0, 0.1) is 5.82 Å². The monoisotopic (exact) mass is 399 g/mol. The Kier molecular flexibility index (Phi) is 5.86. The summed E-state index contributed by atoms with van der Waals surface area (Å²) in [6, 6.07) is 11.8. The molecule has 8 heteroatoms. The minimum Gasteiger partial charge on any atom is -0.465 e. The highest BCUT2D eigenvalue weighted by Gasteiger charge is 2.11. The van der Waals surface area contributed by atoms with Gasteiger partial charge in [0.1, 0.15) is 5.82 Å². The Labute approximate surface area is 165 Å². The SMILES string of the molecule is COC(=O)c1ccc(Cl)c(Nc2cncc(C(=O)Nc3cccc(F)c3)c2)c1. The van der Waals surface area contributed by atoms with Crippen LogP contribution in [-0.2, 0) is 4.74 Å². The topological polar surface area (TPSA) is 80.3 Å². The van der Waals surface area contributed by atoms with Crippen molar-refractivity contribution in [2.24, 2.45) is 0 Å². The first-order chi connectivity index (χ1) is 13.5. The Morgan fingerprint density at radius 3 is 2.61 bits per heavy atom. The lowest BCUT2D eigenvalue weighted by Crippen LogP contribution is -2.12. The number of hydrogen-bond donors (Lipinski definition) is 2. The van der Waals surface area contributed by atoms with Crippen LogP contribution in [-0.4, -0.2) is 24.0 Å². The number of benzene rings is 2. The summed E-state index contributed by atoms with van der Waals surface area (Å²) < 4.78 is 18.0. The van der Waals surface area contributed by atoms with E-state index in [2.05, 4.69) is 15.6 Å². The van der Waals surface area contributed by atoms with E-state index in [-0.39, 0.29) is 5.56 Å². The molecule has 3 rings (SSSR count). The number of carbonyl (C=O) groups excluding carboxylic acids is 2. The van der Waals surface area contributed by atoms with Gasteiger partial charge in [0, 0.05) is 11.9 Å². The number of amides is 1. The van der Waals surface area contributed by atoms with Gasteiger partial charge in [-0.15, -0.1) is 0 Å². The summed E-state index contributed by atoms with van der Waals surface area (Å²) >= 11 is 6.17. The molecule has 1 amide bonds. The number of nitrogens with zero attached hydrogens (tertiary/aromatic N) is 1. The Hall–Kier alpha value is -3.45. The molecule has 0 aliphatic rings. The van der Waals surface area contributed by atoms with Gasteiger partial charge in [-0.1, -0.05) is 17.7 Å². The molecule has 142 valence electrons. The second kappa shape index (κ2) is 8.49. The molecule has 0 saturated heterocycles. The van der Waals surface area contributed by atoms with Crippen molar-refractivity contribution in [2.45, 2.75) is 0 Å². The van der Waals surface area contributed by atoms with E-state index in [1.807, 2.05) is 0 Å². The number of hydrogen-bond acceptors (Lipinski definition) is 5. The molecule has 2 N–H and O–H groups in total. The molecule has 1 aromatic heterocycles. The normalized spacial score (nSPS) is 10.2. The van der Waals surface area contributed by atoms with Gasteiger partial charge < -0.3 is 15.4 Å². The van der Waals surface area contributed by atoms with E-state index in [4.69, 9.17) is 16.3 Å². The number of esters is 1. The van der Waals surface area contributed by atoms with Crippen molar-refractivity contribution in [1.82, 2.24) is 4.98 Å². The smallest absolute Gasteiger partial charge is 0.337 e. The van der Waals surface area contributed by atoms with Crippen LogP contribution in [0.2, 0.25) is 5.02 Å². The third kappa shape index (κ3) is 4.63. The maximum atomic E-state index is 13.3. The third-order valence-corrected chi connectivity index (χ3v) is 4.08. The Balaban J connectivity index is 1.80. The van der Waals surface area contributed by atoms with E-state index in [1.165, 1.54) is 43.8 Å². The van der Waals surface area contributed by atoms with Gasteiger partial charge in [-0.05, 0) is 42.5 Å². The molecular weight excluding hydrogens is 385 g/mol. The number of ether oxygens (including phenoxy) is 1. The lowest BCUT2D eigenvalue weighted by atomic mass is 10.2. The number of methoxy groups -OCH3 is 1. The molecule has 28 heavy (non-hydrogen) atoms. The van der Waals surface area contributed by atoms with Crippen molar-refractivity contribution in [3.05, 3.63) is 82.9 Å². The predicted molar refractivity (Wildman–Crippen MR) is 105 cm³/mol. The van der Waals surface area contributed by atoms with Crippen LogP contribution in [0.15, 0.2) is 60.9 Å². The van der Waals surface area contributed by atoms with Gasteiger partial charge in [0.25, 0.3) is 5.91 Å². The van der Waals surface area contributed by atoms with Crippen LogP contribution >= 0.6 is 11.6 Å². The number of rotatable bonds is 5. The van der Waals surface area contributed by atoms with Gasteiger partial charge in [0.15, 0.2) is 0 Å². The van der Waals surface area contributed by atoms with Gasteiger partial charge >= 0.3 is 5.97 Å². The molecule has 0 saturated carbocycles. The lowest BCUT2D eigenvalue weighted by molar-refractivity contribution is 0.0600. The van der Waals surface area contributed by atoms with Crippen LogP contribution in [0.1, 0.15) is 20.7 Å². The Bertz CT molecular complexity index is 1040. The first-order valence-electron chi connectivity index (χ1n) is 8.13. The highest BCUT2D eigenvalue weighted by atomic mass is 35.5. The molecule has 0 unspecified atom stereocenters. The molecule has 0 spiro atoms. The van der Waals surface area contributed by atoms with Gasteiger partial charge in [-0.3, -0.25) is 9.78 Å². The highest BCUT2D eigenvalue weighted by molar-refractivity contribution is 6.33. The molecule has 3 aromatic rings. The van der Waals surface area contributed by atoms with Crippen LogP contribution in [0.25, 0.3) is 0 Å². The summed E-state index contributed by atoms with van der Waals surface area (Å²) in [5, 5.41) is 5.99. The molecule has 0 bridgehead atoms. The zero-order valence-electron chi connectivity index (χ0n) is 14.7. The molecule has 0 atom stereocenters. The Morgan fingerprint density at radius 2 is 1.86 bits per heavy atom. The van der Waals surface area contributed by atoms with Crippen molar-refractivity contribution in [3.63, 3.8) is 0 Å². The molecule has 1 heterocycles. The largest absolute Gasteiger partial charge is 0.465 e. The lowest BCUT2D eigenvalue weighted by Gasteiger charge is -2.11. The zero-order chi connectivity index (χ0) is 20.1. The number of anilines is 3. The maximum Gasteiger partial charge on any atom is 0.337 e. The van der Waals surface area contributed by atoms with Gasteiger partial charge in [-0.2, -0.15) is 0 Å². The summed E-state index contributed by atoms with van der Waals surface area (Å²) in [6.45, 7) is 0. The Morgan fingerprint density at radius 1 is 1.04 bits per heavy atom. The molecule has 0 aliphatic carbocycles. The fourth-order valence-corrected chi connectivity index (χ4v) is 2.59. The van der Waals surface area contributed by atoms with Crippen LogP contribution < -0.4 is 10.6 Å². The highest BCUT2D eigenvalue weighted by Crippen LogP contribution is 2.27. The molecular formula is C20H15ClFN3O3.